The summed E-state index contributed by atoms with van der Waals surface area (Å²) in [6.07, 6.45) is 1.14. The fourth-order valence-electron chi connectivity index (χ4n) is 2.13. The quantitative estimate of drug-likeness (QED) is 0.774. The Bertz CT molecular complexity index is 317. The Labute approximate surface area is 126 Å². The van der Waals surface area contributed by atoms with Gasteiger partial charge in [-0.15, -0.1) is 0 Å². The summed E-state index contributed by atoms with van der Waals surface area (Å²) in [6, 6.07) is 8.99. The highest BCUT2D eigenvalue weighted by Crippen LogP contribution is 2.06. The van der Waals surface area contributed by atoms with Crippen molar-refractivity contribution in [1.82, 2.24) is 10.2 Å². The molecule has 0 radical (unpaired) electrons. The lowest BCUT2D eigenvalue weighted by Crippen LogP contribution is -2.25. The lowest BCUT2D eigenvalue weighted by atomic mass is 10.1. The van der Waals surface area contributed by atoms with Gasteiger partial charge in [-0.05, 0) is 37.1 Å². The number of likely N-dealkylation sites (N-methyl/N-ethyl adjacent to an activating group) is 1. The molecule has 2 heteroatoms. The number of rotatable bonds is 8. The average molecular weight is 278 g/mol. The average Bonchev–Trinajstić information content (AvgIpc) is 2.45. The first kappa shape index (κ1) is 19.1. The molecule has 0 bridgehead atoms. The van der Waals surface area contributed by atoms with E-state index in [1.165, 1.54) is 17.7 Å². The number of nitrogens with one attached hydrogen (secondary N) is 1. The smallest absolute Gasteiger partial charge is 0.0205 e. The molecule has 0 amide bonds. The summed E-state index contributed by atoms with van der Waals surface area (Å²) in [5, 5.41) is 3.35. The molecule has 0 aliphatic rings. The van der Waals surface area contributed by atoms with Gasteiger partial charge < -0.3 is 10.2 Å². The van der Waals surface area contributed by atoms with Gasteiger partial charge in [-0.1, -0.05) is 58.9 Å². The molecule has 0 saturated heterocycles. The molecular formula is C18H34N2. The highest BCUT2D eigenvalue weighted by molar-refractivity contribution is 5.22. The molecule has 1 aromatic rings. The second-order valence-electron chi connectivity index (χ2n) is 5.50. The minimum Gasteiger partial charge on any atom is -0.313 e. The van der Waals surface area contributed by atoms with Crippen molar-refractivity contribution in [1.29, 1.82) is 0 Å². The van der Waals surface area contributed by atoms with E-state index in [9.17, 15) is 0 Å². The van der Waals surface area contributed by atoms with Crippen molar-refractivity contribution in [3.8, 4) is 0 Å². The molecule has 0 atom stereocenters. The van der Waals surface area contributed by atoms with Crippen molar-refractivity contribution >= 4 is 0 Å². The standard InChI is InChI=1S/C16H28N2.C2H6/c1-5-17-12-16-8-6-15(7-9-16)10-11-18(4)13-14(2)3;1-2/h6-9,14,17H,5,10-13H2,1-4H3;1-2H3. The molecule has 2 nitrogen and oxygen atoms in total. The van der Waals surface area contributed by atoms with Gasteiger partial charge in [0, 0.05) is 19.6 Å². The van der Waals surface area contributed by atoms with Crippen molar-refractivity contribution in [2.24, 2.45) is 5.92 Å². The lowest BCUT2D eigenvalue weighted by Gasteiger charge is -2.18. The van der Waals surface area contributed by atoms with Crippen LogP contribution in [0.1, 0.15) is 45.7 Å². The van der Waals surface area contributed by atoms with Gasteiger partial charge in [0.1, 0.15) is 0 Å². The fourth-order valence-corrected chi connectivity index (χ4v) is 2.13. The number of nitrogens with zero attached hydrogens (tertiary/aromatic N) is 1. The highest BCUT2D eigenvalue weighted by atomic mass is 15.1. The Kier molecular flexibility index (Phi) is 11.4. The first-order valence-electron chi connectivity index (χ1n) is 8.09. The van der Waals surface area contributed by atoms with Crippen LogP contribution in [0.5, 0.6) is 0 Å². The Hall–Kier alpha value is -0.860. The van der Waals surface area contributed by atoms with E-state index >= 15 is 0 Å². The summed E-state index contributed by atoms with van der Waals surface area (Å²) in [4.78, 5) is 2.41. The predicted molar refractivity (Wildman–Crippen MR) is 91.2 cm³/mol. The largest absolute Gasteiger partial charge is 0.313 e. The maximum Gasteiger partial charge on any atom is 0.0205 e. The molecule has 0 aliphatic carbocycles. The van der Waals surface area contributed by atoms with Crippen LogP contribution in [0.25, 0.3) is 0 Å². The van der Waals surface area contributed by atoms with E-state index in [0.29, 0.717) is 0 Å². The summed E-state index contributed by atoms with van der Waals surface area (Å²) in [5.41, 5.74) is 2.81. The van der Waals surface area contributed by atoms with Crippen molar-refractivity contribution in [2.45, 2.75) is 47.6 Å². The Morgan fingerprint density at radius 3 is 2.10 bits per heavy atom. The van der Waals surface area contributed by atoms with Crippen molar-refractivity contribution in [3.63, 3.8) is 0 Å². The zero-order valence-corrected chi connectivity index (χ0v) is 14.4. The minimum atomic E-state index is 0.748. The second kappa shape index (κ2) is 11.9. The highest BCUT2D eigenvalue weighted by Gasteiger charge is 2.02. The summed E-state index contributed by atoms with van der Waals surface area (Å²) in [6.45, 7) is 15.0. The molecule has 1 N–H and O–H groups in total. The van der Waals surface area contributed by atoms with Crippen LogP contribution >= 0.6 is 0 Å². The summed E-state index contributed by atoms with van der Waals surface area (Å²) in [7, 11) is 2.21. The Balaban J connectivity index is 0.00000172. The predicted octanol–water partition coefficient (Wildman–Crippen LogP) is 3.95. The van der Waals surface area contributed by atoms with Gasteiger partial charge in [0.05, 0.1) is 0 Å². The molecule has 0 heterocycles. The third-order valence-corrected chi connectivity index (χ3v) is 3.06. The van der Waals surface area contributed by atoms with Crippen molar-refractivity contribution in [2.75, 3.05) is 26.7 Å². The minimum absolute atomic E-state index is 0.748. The summed E-state index contributed by atoms with van der Waals surface area (Å²) >= 11 is 0. The van der Waals surface area contributed by atoms with Crippen molar-refractivity contribution in [3.05, 3.63) is 35.4 Å². The Morgan fingerprint density at radius 2 is 1.60 bits per heavy atom. The van der Waals surface area contributed by atoms with Crippen LogP contribution in [0.4, 0.5) is 0 Å². The first-order valence-corrected chi connectivity index (χ1v) is 8.09. The molecule has 0 spiro atoms. The second-order valence-corrected chi connectivity index (χ2v) is 5.50. The van der Waals surface area contributed by atoms with Crippen LogP contribution in [0.3, 0.4) is 0 Å². The van der Waals surface area contributed by atoms with Gasteiger partial charge in [-0.2, -0.15) is 0 Å². The number of benzene rings is 1. The molecule has 20 heavy (non-hydrogen) atoms. The van der Waals surface area contributed by atoms with Gasteiger partial charge in [0.15, 0.2) is 0 Å². The zero-order valence-electron chi connectivity index (χ0n) is 14.4. The summed E-state index contributed by atoms with van der Waals surface area (Å²) in [5.74, 6) is 0.748. The molecule has 1 aromatic carbocycles. The van der Waals surface area contributed by atoms with E-state index in [-0.39, 0.29) is 0 Å². The maximum atomic E-state index is 3.35. The third kappa shape index (κ3) is 9.11. The molecule has 0 saturated carbocycles. The van der Waals surface area contributed by atoms with Gasteiger partial charge in [0.25, 0.3) is 0 Å². The van der Waals surface area contributed by atoms with Gasteiger partial charge in [0.2, 0.25) is 0 Å². The maximum absolute atomic E-state index is 3.35. The third-order valence-electron chi connectivity index (χ3n) is 3.06. The van der Waals surface area contributed by atoms with E-state index in [2.05, 4.69) is 62.3 Å². The molecular weight excluding hydrogens is 244 g/mol. The van der Waals surface area contributed by atoms with Crippen LogP contribution in [-0.2, 0) is 13.0 Å². The number of hydrogen-bond donors (Lipinski definition) is 1. The molecule has 1 rings (SSSR count). The first-order chi connectivity index (χ1) is 9.61. The van der Waals surface area contributed by atoms with Crippen LogP contribution in [-0.4, -0.2) is 31.6 Å². The SMILES string of the molecule is CC.CCNCc1ccc(CCN(C)CC(C)C)cc1. The Morgan fingerprint density at radius 1 is 1.05 bits per heavy atom. The van der Waals surface area contributed by atoms with Crippen molar-refractivity contribution < 1.29 is 0 Å². The monoisotopic (exact) mass is 278 g/mol. The van der Waals surface area contributed by atoms with E-state index in [1.54, 1.807) is 0 Å². The van der Waals surface area contributed by atoms with Gasteiger partial charge in [-0.3, -0.25) is 0 Å². The molecule has 0 unspecified atom stereocenters. The van der Waals surface area contributed by atoms with Crippen LogP contribution in [0.15, 0.2) is 24.3 Å². The molecule has 0 aliphatic heterocycles. The summed E-state index contributed by atoms with van der Waals surface area (Å²) < 4.78 is 0. The van der Waals surface area contributed by atoms with E-state index in [1.807, 2.05) is 13.8 Å². The molecule has 0 fully saturated rings. The van der Waals surface area contributed by atoms with E-state index in [4.69, 9.17) is 0 Å². The van der Waals surface area contributed by atoms with Crippen LogP contribution in [0.2, 0.25) is 0 Å². The lowest BCUT2D eigenvalue weighted by molar-refractivity contribution is 0.299. The van der Waals surface area contributed by atoms with Gasteiger partial charge in [-0.25, -0.2) is 0 Å². The van der Waals surface area contributed by atoms with Gasteiger partial charge >= 0.3 is 0 Å². The van der Waals surface area contributed by atoms with Crippen LogP contribution < -0.4 is 5.32 Å². The molecule has 116 valence electrons. The van der Waals surface area contributed by atoms with E-state index < -0.39 is 0 Å². The molecule has 0 aromatic heterocycles. The fraction of sp³-hybridized carbons (Fsp3) is 0.667. The van der Waals surface area contributed by atoms with E-state index in [0.717, 1.165) is 32.0 Å². The van der Waals surface area contributed by atoms with Crippen LogP contribution in [0, 0.1) is 5.92 Å². The normalized spacial score (nSPS) is 10.6. The zero-order chi connectivity index (χ0) is 15.4. The number of hydrogen-bond acceptors (Lipinski definition) is 2. The topological polar surface area (TPSA) is 15.3 Å².